The highest BCUT2D eigenvalue weighted by Crippen LogP contribution is 2.24. The van der Waals surface area contributed by atoms with Crippen LogP contribution in [0.5, 0.6) is 0 Å². The molecule has 0 saturated carbocycles. The summed E-state index contributed by atoms with van der Waals surface area (Å²) in [5.41, 5.74) is 0.700. The van der Waals surface area contributed by atoms with Gasteiger partial charge in [-0.15, -0.1) is 11.8 Å². The Balaban J connectivity index is 2.06. The maximum Gasteiger partial charge on any atom is 0.303 e. The minimum atomic E-state index is -0.833. The van der Waals surface area contributed by atoms with E-state index in [0.29, 0.717) is 5.56 Å². The Morgan fingerprint density at radius 3 is 2.14 bits per heavy atom. The van der Waals surface area contributed by atoms with Gasteiger partial charge in [0.25, 0.3) is 0 Å². The number of esters is 1. The van der Waals surface area contributed by atoms with Crippen molar-refractivity contribution >= 4 is 23.5 Å². The number of ether oxygens (including phenoxy) is 1. The van der Waals surface area contributed by atoms with Gasteiger partial charge in [0.1, 0.15) is 0 Å². The summed E-state index contributed by atoms with van der Waals surface area (Å²) in [6.45, 7) is 1.31. The molecule has 0 fully saturated rings. The number of hydrogen-bond donors (Lipinski definition) is 0. The number of carbonyl (C=O) groups excluding carboxylic acids is 2. The van der Waals surface area contributed by atoms with E-state index in [-0.39, 0.29) is 11.5 Å². The fourth-order valence-electron chi connectivity index (χ4n) is 1.86. The average Bonchev–Trinajstić information content (AvgIpc) is 2.52. The first-order valence-corrected chi connectivity index (χ1v) is 7.58. The summed E-state index contributed by atoms with van der Waals surface area (Å²) in [7, 11) is 0. The Hall–Kier alpha value is -2.07. The molecule has 2 rings (SSSR count). The molecule has 0 aliphatic carbocycles. The molecule has 0 aliphatic rings. The van der Waals surface area contributed by atoms with E-state index < -0.39 is 12.1 Å². The van der Waals surface area contributed by atoms with Crippen LogP contribution < -0.4 is 0 Å². The van der Waals surface area contributed by atoms with Crippen LogP contribution in [0, 0.1) is 0 Å². The molecule has 0 aromatic heterocycles. The van der Waals surface area contributed by atoms with Crippen molar-refractivity contribution in [3.8, 4) is 0 Å². The van der Waals surface area contributed by atoms with E-state index in [1.807, 2.05) is 48.5 Å². The van der Waals surface area contributed by atoms with Gasteiger partial charge in [-0.3, -0.25) is 9.59 Å². The van der Waals surface area contributed by atoms with Crippen molar-refractivity contribution in [3.05, 3.63) is 66.2 Å². The van der Waals surface area contributed by atoms with Gasteiger partial charge in [-0.2, -0.15) is 0 Å². The lowest BCUT2D eigenvalue weighted by Crippen LogP contribution is -2.20. The number of rotatable bonds is 6. The summed E-state index contributed by atoms with van der Waals surface area (Å²) in [6.07, 6.45) is -0.833. The second-order valence-corrected chi connectivity index (χ2v) is 5.52. The monoisotopic (exact) mass is 300 g/mol. The standard InChI is InChI=1S/C17H16O3S/c1-13(18)20-17(14-8-4-2-5-9-14)16(19)12-21-15-10-6-3-7-11-15/h2-11,17H,12H2,1H3. The molecule has 0 radical (unpaired) electrons. The third-order valence-corrected chi connectivity index (χ3v) is 3.84. The number of Topliss-reactive ketones (excluding diaryl/α,β-unsaturated/α-hetero) is 1. The van der Waals surface area contributed by atoms with Crippen molar-refractivity contribution in [1.82, 2.24) is 0 Å². The van der Waals surface area contributed by atoms with Crippen molar-refractivity contribution in [2.24, 2.45) is 0 Å². The Morgan fingerprint density at radius 2 is 1.57 bits per heavy atom. The molecule has 0 amide bonds. The first-order valence-electron chi connectivity index (χ1n) is 6.59. The first-order chi connectivity index (χ1) is 10.2. The van der Waals surface area contributed by atoms with Gasteiger partial charge in [0.15, 0.2) is 11.9 Å². The molecule has 2 aromatic rings. The molecule has 3 nitrogen and oxygen atoms in total. The van der Waals surface area contributed by atoms with Gasteiger partial charge in [0, 0.05) is 17.4 Å². The van der Waals surface area contributed by atoms with E-state index in [4.69, 9.17) is 4.74 Å². The Bertz CT molecular complexity index is 596. The highest BCUT2D eigenvalue weighted by atomic mass is 32.2. The van der Waals surface area contributed by atoms with Crippen molar-refractivity contribution < 1.29 is 14.3 Å². The van der Waals surface area contributed by atoms with Crippen LogP contribution in [0.15, 0.2) is 65.6 Å². The summed E-state index contributed by atoms with van der Waals surface area (Å²) in [5.74, 6) is -0.316. The Labute approximate surface area is 128 Å². The fourth-order valence-corrected chi connectivity index (χ4v) is 2.67. The van der Waals surface area contributed by atoms with Gasteiger partial charge >= 0.3 is 5.97 Å². The predicted molar refractivity (Wildman–Crippen MR) is 83.1 cm³/mol. The number of ketones is 1. The van der Waals surface area contributed by atoms with E-state index >= 15 is 0 Å². The molecule has 0 bridgehead atoms. The highest BCUT2D eigenvalue weighted by molar-refractivity contribution is 8.00. The third kappa shape index (κ3) is 4.76. The lowest BCUT2D eigenvalue weighted by Gasteiger charge is -2.16. The summed E-state index contributed by atoms with van der Waals surface area (Å²) < 4.78 is 5.18. The summed E-state index contributed by atoms with van der Waals surface area (Å²) >= 11 is 1.44. The second-order valence-electron chi connectivity index (χ2n) is 4.47. The lowest BCUT2D eigenvalue weighted by atomic mass is 10.1. The molecule has 1 unspecified atom stereocenters. The Morgan fingerprint density at radius 1 is 1.00 bits per heavy atom. The van der Waals surface area contributed by atoms with Crippen molar-refractivity contribution in [1.29, 1.82) is 0 Å². The molecular formula is C17H16O3S. The highest BCUT2D eigenvalue weighted by Gasteiger charge is 2.23. The first kappa shape index (κ1) is 15.3. The minimum absolute atomic E-state index is 0.120. The molecular weight excluding hydrogens is 284 g/mol. The normalized spacial score (nSPS) is 11.7. The van der Waals surface area contributed by atoms with Crippen LogP contribution in [0.3, 0.4) is 0 Å². The third-order valence-electron chi connectivity index (χ3n) is 2.80. The van der Waals surface area contributed by atoms with Crippen LogP contribution in [0.1, 0.15) is 18.6 Å². The largest absolute Gasteiger partial charge is 0.450 e. The average molecular weight is 300 g/mol. The molecule has 0 spiro atoms. The van der Waals surface area contributed by atoms with E-state index in [9.17, 15) is 9.59 Å². The van der Waals surface area contributed by atoms with Gasteiger partial charge in [0.2, 0.25) is 0 Å². The number of thioether (sulfide) groups is 1. The van der Waals surface area contributed by atoms with Crippen LogP contribution in [0.2, 0.25) is 0 Å². The SMILES string of the molecule is CC(=O)OC(C(=O)CSc1ccccc1)c1ccccc1. The number of carbonyl (C=O) groups is 2. The van der Waals surface area contributed by atoms with Crippen molar-refractivity contribution in [2.45, 2.75) is 17.9 Å². The fraction of sp³-hybridized carbons (Fsp3) is 0.176. The van der Waals surface area contributed by atoms with Crippen LogP contribution in [-0.2, 0) is 14.3 Å². The summed E-state index contributed by atoms with van der Waals surface area (Å²) in [6, 6.07) is 18.8. The predicted octanol–water partition coefficient (Wildman–Crippen LogP) is 3.65. The van der Waals surface area contributed by atoms with E-state index in [2.05, 4.69) is 0 Å². The molecule has 2 aromatic carbocycles. The van der Waals surface area contributed by atoms with Crippen LogP contribution >= 0.6 is 11.8 Å². The maximum absolute atomic E-state index is 12.4. The van der Waals surface area contributed by atoms with Crippen LogP contribution in [0.4, 0.5) is 0 Å². The van der Waals surface area contributed by atoms with Gasteiger partial charge in [-0.1, -0.05) is 48.5 Å². The van der Waals surface area contributed by atoms with E-state index in [1.165, 1.54) is 18.7 Å². The molecule has 0 heterocycles. The molecule has 0 saturated heterocycles. The molecule has 108 valence electrons. The molecule has 0 aliphatic heterocycles. The zero-order valence-corrected chi connectivity index (χ0v) is 12.5. The quantitative estimate of drug-likeness (QED) is 0.603. The van der Waals surface area contributed by atoms with Gasteiger partial charge in [-0.05, 0) is 12.1 Å². The second kappa shape index (κ2) is 7.64. The van der Waals surface area contributed by atoms with Crippen LogP contribution in [-0.4, -0.2) is 17.5 Å². The maximum atomic E-state index is 12.4. The van der Waals surface area contributed by atoms with Crippen LogP contribution in [0.25, 0.3) is 0 Å². The number of benzene rings is 2. The van der Waals surface area contributed by atoms with Gasteiger partial charge < -0.3 is 4.74 Å². The Kier molecular flexibility index (Phi) is 5.58. The number of hydrogen-bond acceptors (Lipinski definition) is 4. The topological polar surface area (TPSA) is 43.4 Å². The summed E-state index contributed by atoms with van der Waals surface area (Å²) in [5, 5.41) is 0. The smallest absolute Gasteiger partial charge is 0.303 e. The molecule has 0 N–H and O–H groups in total. The molecule has 21 heavy (non-hydrogen) atoms. The minimum Gasteiger partial charge on any atom is -0.450 e. The zero-order chi connectivity index (χ0) is 15.1. The van der Waals surface area contributed by atoms with Crippen molar-refractivity contribution in [2.75, 3.05) is 5.75 Å². The summed E-state index contributed by atoms with van der Waals surface area (Å²) in [4.78, 5) is 24.6. The lowest BCUT2D eigenvalue weighted by molar-refractivity contribution is -0.152. The van der Waals surface area contributed by atoms with Gasteiger partial charge in [0.05, 0.1) is 5.75 Å². The van der Waals surface area contributed by atoms with Crippen molar-refractivity contribution in [3.63, 3.8) is 0 Å². The van der Waals surface area contributed by atoms with E-state index in [0.717, 1.165) is 4.90 Å². The molecule has 4 heteroatoms. The zero-order valence-electron chi connectivity index (χ0n) is 11.7. The molecule has 1 atom stereocenters. The van der Waals surface area contributed by atoms with Gasteiger partial charge in [-0.25, -0.2) is 0 Å². The van der Waals surface area contributed by atoms with E-state index in [1.54, 1.807) is 12.1 Å².